The van der Waals surface area contributed by atoms with Crippen molar-refractivity contribution in [2.75, 3.05) is 6.61 Å². The van der Waals surface area contributed by atoms with Crippen LogP contribution in [0.3, 0.4) is 0 Å². The summed E-state index contributed by atoms with van der Waals surface area (Å²) >= 11 is 0. The van der Waals surface area contributed by atoms with Gasteiger partial charge in [-0.3, -0.25) is 4.79 Å². The fourth-order valence-electron chi connectivity index (χ4n) is 0.717. The monoisotopic (exact) mass is 187 g/mol. The fourth-order valence-corrected chi connectivity index (χ4v) is 0.717. The number of hydrogen-bond donors (Lipinski definition) is 1. The van der Waals surface area contributed by atoms with Crippen molar-refractivity contribution in [3.05, 3.63) is 0 Å². The number of unbranched alkanes of at least 4 members (excludes halogenated alkanes) is 1. The van der Waals surface area contributed by atoms with Crippen molar-refractivity contribution in [1.82, 2.24) is 0 Å². The molecule has 0 spiro atoms. The van der Waals surface area contributed by atoms with E-state index in [-0.39, 0.29) is 0 Å². The van der Waals surface area contributed by atoms with E-state index in [1.165, 1.54) is 0 Å². The molecule has 0 heterocycles. The number of hydrogen-bond acceptors (Lipinski definition) is 4. The third-order valence-corrected chi connectivity index (χ3v) is 1.71. The first-order chi connectivity index (χ1) is 6.13. The predicted octanol–water partition coefficient (Wildman–Crippen LogP) is 0.636. The van der Waals surface area contributed by atoms with Crippen molar-refractivity contribution in [2.45, 2.75) is 39.2 Å². The van der Waals surface area contributed by atoms with Gasteiger partial charge in [-0.05, 0) is 12.8 Å². The summed E-state index contributed by atoms with van der Waals surface area (Å²) in [5.74, 6) is -1.43. The summed E-state index contributed by atoms with van der Waals surface area (Å²) in [6.07, 6.45) is 2.17. The van der Waals surface area contributed by atoms with E-state index in [0.29, 0.717) is 13.0 Å². The van der Waals surface area contributed by atoms with Crippen molar-refractivity contribution < 1.29 is 14.3 Å². The lowest BCUT2D eigenvalue weighted by Gasteiger charge is -2.06. The highest BCUT2D eigenvalue weighted by atomic mass is 16.5. The highest BCUT2D eigenvalue weighted by molar-refractivity contribution is 6.35. The lowest BCUT2D eigenvalue weighted by molar-refractivity contribution is -0.154. The number of rotatable bonds is 6. The Morgan fingerprint density at radius 2 is 2.00 bits per heavy atom. The lowest BCUT2D eigenvalue weighted by atomic mass is 10.1. The molecule has 0 saturated carbocycles. The van der Waals surface area contributed by atoms with Gasteiger partial charge in [0.05, 0.1) is 12.6 Å². The molecule has 0 aromatic carbocycles. The van der Waals surface area contributed by atoms with Crippen LogP contribution in [0.25, 0.3) is 0 Å². The summed E-state index contributed by atoms with van der Waals surface area (Å²) in [5, 5.41) is 0. The summed E-state index contributed by atoms with van der Waals surface area (Å²) < 4.78 is 4.70. The van der Waals surface area contributed by atoms with Crippen molar-refractivity contribution in [2.24, 2.45) is 5.73 Å². The maximum atomic E-state index is 11.1. The van der Waals surface area contributed by atoms with Gasteiger partial charge in [-0.2, -0.15) is 0 Å². The molecule has 0 radical (unpaired) electrons. The Kier molecular flexibility index (Phi) is 6.14. The van der Waals surface area contributed by atoms with Gasteiger partial charge in [-0.15, -0.1) is 0 Å². The van der Waals surface area contributed by atoms with Gasteiger partial charge >= 0.3 is 5.97 Å². The molecule has 0 rings (SSSR count). The SMILES string of the molecule is CCCCOC(=O)C(=O)C(N)CC. The second-order valence-corrected chi connectivity index (χ2v) is 2.87. The average Bonchev–Trinajstić information content (AvgIpc) is 2.15. The predicted molar refractivity (Wildman–Crippen MR) is 49.1 cm³/mol. The smallest absolute Gasteiger partial charge is 0.376 e. The summed E-state index contributed by atoms with van der Waals surface area (Å²) in [5.41, 5.74) is 5.37. The van der Waals surface area contributed by atoms with Crippen LogP contribution in [0.5, 0.6) is 0 Å². The molecule has 0 fully saturated rings. The van der Waals surface area contributed by atoms with E-state index >= 15 is 0 Å². The van der Waals surface area contributed by atoms with E-state index in [9.17, 15) is 9.59 Å². The number of carbonyl (C=O) groups is 2. The molecule has 0 amide bonds. The van der Waals surface area contributed by atoms with Crippen LogP contribution in [0.1, 0.15) is 33.1 Å². The molecule has 2 N–H and O–H groups in total. The van der Waals surface area contributed by atoms with Gasteiger partial charge in [0.1, 0.15) is 0 Å². The molecule has 76 valence electrons. The number of ketones is 1. The van der Waals surface area contributed by atoms with Gasteiger partial charge in [0.15, 0.2) is 0 Å². The minimum atomic E-state index is -0.803. The average molecular weight is 187 g/mol. The Labute approximate surface area is 78.4 Å². The zero-order valence-corrected chi connectivity index (χ0v) is 8.21. The van der Waals surface area contributed by atoms with Gasteiger partial charge in [0, 0.05) is 0 Å². The standard InChI is InChI=1S/C9H17NO3/c1-3-5-6-13-9(12)8(11)7(10)4-2/h7H,3-6,10H2,1-2H3. The Hall–Kier alpha value is -0.900. The van der Waals surface area contributed by atoms with Crippen LogP contribution in [0.2, 0.25) is 0 Å². The van der Waals surface area contributed by atoms with E-state index in [1.54, 1.807) is 6.92 Å². The second kappa shape index (κ2) is 6.60. The molecule has 0 aliphatic carbocycles. The first kappa shape index (κ1) is 12.1. The van der Waals surface area contributed by atoms with Crippen LogP contribution in [0.15, 0.2) is 0 Å². The van der Waals surface area contributed by atoms with Gasteiger partial charge in [-0.25, -0.2) is 4.79 Å². The van der Waals surface area contributed by atoms with Crippen LogP contribution < -0.4 is 5.73 Å². The van der Waals surface area contributed by atoms with Crippen LogP contribution in [-0.4, -0.2) is 24.4 Å². The Morgan fingerprint density at radius 3 is 2.46 bits per heavy atom. The molecule has 0 aromatic rings. The van der Waals surface area contributed by atoms with Crippen LogP contribution in [0.4, 0.5) is 0 Å². The molecule has 0 bridgehead atoms. The number of ether oxygens (including phenoxy) is 1. The van der Waals surface area contributed by atoms with Crippen molar-refractivity contribution in [3.63, 3.8) is 0 Å². The van der Waals surface area contributed by atoms with Crippen molar-refractivity contribution in [1.29, 1.82) is 0 Å². The molecule has 0 aromatic heterocycles. The highest BCUT2D eigenvalue weighted by Gasteiger charge is 2.21. The van der Waals surface area contributed by atoms with Gasteiger partial charge in [0.25, 0.3) is 5.78 Å². The maximum Gasteiger partial charge on any atom is 0.376 e. The van der Waals surface area contributed by atoms with E-state index in [0.717, 1.165) is 12.8 Å². The lowest BCUT2D eigenvalue weighted by Crippen LogP contribution is -2.36. The Bertz CT molecular complexity index is 180. The van der Waals surface area contributed by atoms with E-state index in [2.05, 4.69) is 0 Å². The van der Waals surface area contributed by atoms with Crippen LogP contribution >= 0.6 is 0 Å². The summed E-state index contributed by atoms with van der Waals surface area (Å²) in [7, 11) is 0. The van der Waals surface area contributed by atoms with Crippen molar-refractivity contribution >= 4 is 11.8 Å². The Balaban J connectivity index is 3.76. The summed E-state index contributed by atoms with van der Waals surface area (Å²) in [6, 6.07) is -0.714. The molecule has 1 unspecified atom stereocenters. The third kappa shape index (κ3) is 4.62. The molecular weight excluding hydrogens is 170 g/mol. The zero-order chi connectivity index (χ0) is 10.3. The number of esters is 1. The van der Waals surface area contributed by atoms with Crippen LogP contribution in [0, 0.1) is 0 Å². The molecule has 4 nitrogen and oxygen atoms in total. The topological polar surface area (TPSA) is 69.4 Å². The highest BCUT2D eigenvalue weighted by Crippen LogP contribution is 1.94. The second-order valence-electron chi connectivity index (χ2n) is 2.87. The minimum Gasteiger partial charge on any atom is -0.460 e. The maximum absolute atomic E-state index is 11.1. The van der Waals surface area contributed by atoms with Gasteiger partial charge in [0.2, 0.25) is 0 Å². The summed E-state index contributed by atoms with van der Waals surface area (Å²) in [6.45, 7) is 4.03. The molecule has 1 atom stereocenters. The molecular formula is C9H17NO3. The summed E-state index contributed by atoms with van der Waals surface area (Å²) in [4.78, 5) is 22.0. The number of carbonyl (C=O) groups excluding carboxylic acids is 2. The van der Waals surface area contributed by atoms with Gasteiger partial charge < -0.3 is 10.5 Å². The van der Waals surface area contributed by atoms with Crippen molar-refractivity contribution in [3.8, 4) is 0 Å². The molecule has 13 heavy (non-hydrogen) atoms. The number of nitrogens with two attached hydrogens (primary N) is 1. The van der Waals surface area contributed by atoms with Gasteiger partial charge in [-0.1, -0.05) is 20.3 Å². The van der Waals surface area contributed by atoms with E-state index in [1.807, 2.05) is 6.92 Å². The fraction of sp³-hybridized carbons (Fsp3) is 0.778. The van der Waals surface area contributed by atoms with E-state index in [4.69, 9.17) is 10.5 Å². The molecule has 4 heteroatoms. The minimum absolute atomic E-state index is 0.303. The first-order valence-electron chi connectivity index (χ1n) is 4.60. The molecule has 0 aliphatic heterocycles. The number of Topliss-reactive ketones (excluding diaryl/α,β-unsaturated/α-hetero) is 1. The Morgan fingerprint density at radius 1 is 1.38 bits per heavy atom. The van der Waals surface area contributed by atoms with E-state index < -0.39 is 17.8 Å². The normalized spacial score (nSPS) is 12.2. The zero-order valence-electron chi connectivity index (χ0n) is 8.21. The molecule has 0 saturated heterocycles. The largest absolute Gasteiger partial charge is 0.460 e. The third-order valence-electron chi connectivity index (χ3n) is 1.71. The quantitative estimate of drug-likeness (QED) is 0.376. The molecule has 0 aliphatic rings. The first-order valence-corrected chi connectivity index (χ1v) is 4.60. The van der Waals surface area contributed by atoms with Crippen LogP contribution in [-0.2, 0) is 14.3 Å².